The number of halogens is 3. The Kier molecular flexibility index (Phi) is 7.11. The number of methoxy groups -OCH3 is 1. The number of ketones is 1. The van der Waals surface area contributed by atoms with Crippen molar-refractivity contribution >= 4 is 5.78 Å². The summed E-state index contributed by atoms with van der Waals surface area (Å²) in [7, 11) is 1.40. The van der Waals surface area contributed by atoms with Crippen molar-refractivity contribution in [3.05, 3.63) is 46.8 Å². The van der Waals surface area contributed by atoms with Gasteiger partial charge in [0.25, 0.3) is 0 Å². The summed E-state index contributed by atoms with van der Waals surface area (Å²) in [6.45, 7) is 2.53. The molecule has 4 N–H and O–H groups in total. The van der Waals surface area contributed by atoms with Crippen LogP contribution in [0.5, 0.6) is 17.2 Å². The normalized spacial score (nSPS) is 19.2. The molecule has 0 saturated carbocycles. The van der Waals surface area contributed by atoms with Crippen LogP contribution in [0.4, 0.5) is 13.2 Å². The molecule has 0 spiro atoms. The van der Waals surface area contributed by atoms with Crippen LogP contribution in [-0.2, 0) is 17.3 Å². The van der Waals surface area contributed by atoms with E-state index in [-0.39, 0.29) is 61.0 Å². The molecule has 0 bridgehead atoms. The monoisotopic (exact) mass is 484 g/mol. The summed E-state index contributed by atoms with van der Waals surface area (Å²) in [4.78, 5) is 16.4. The number of nitrogens with zero attached hydrogens (tertiary/aromatic N) is 1. The van der Waals surface area contributed by atoms with Gasteiger partial charge in [-0.2, -0.15) is 13.2 Å². The van der Waals surface area contributed by atoms with E-state index in [1.54, 1.807) is 0 Å². The van der Waals surface area contributed by atoms with Gasteiger partial charge < -0.3 is 30.2 Å². The first-order chi connectivity index (χ1) is 15.8. The highest BCUT2D eigenvalue weighted by molar-refractivity contribution is 5.96. The third kappa shape index (κ3) is 5.26. The number of pyridine rings is 1. The molecule has 8 nitrogen and oxygen atoms in total. The number of hydrogen-bond acceptors (Lipinski definition) is 8. The second-order valence-corrected chi connectivity index (χ2v) is 8.57. The standard InChI is InChI=1S/C23H27F3N2O6/c1-21(27)12-34-19-14(21)11-18(28-20(19)23(24,25)26)22(2,31)7-6-15(30)13-4-5-16(33-9-8-29)17(10-13)32-3/h4-5,10-11,29,31H,6-9,12,27H2,1-3H3. The van der Waals surface area contributed by atoms with Crippen LogP contribution in [0.25, 0.3) is 0 Å². The zero-order chi connectivity index (χ0) is 25.3. The number of fused-ring (bicyclic) bond motifs is 1. The molecule has 3 rings (SSSR count). The number of rotatable bonds is 9. The van der Waals surface area contributed by atoms with Crippen LogP contribution >= 0.6 is 0 Å². The highest BCUT2D eigenvalue weighted by atomic mass is 19.4. The van der Waals surface area contributed by atoms with Gasteiger partial charge in [-0.3, -0.25) is 4.79 Å². The minimum absolute atomic E-state index is 0.0487. The van der Waals surface area contributed by atoms with E-state index in [1.165, 1.54) is 45.2 Å². The molecule has 1 aliphatic rings. The fourth-order valence-electron chi connectivity index (χ4n) is 3.62. The fourth-order valence-corrected chi connectivity index (χ4v) is 3.62. The zero-order valence-corrected chi connectivity index (χ0v) is 19.0. The third-order valence-corrected chi connectivity index (χ3v) is 5.60. The van der Waals surface area contributed by atoms with E-state index in [0.29, 0.717) is 5.75 Å². The second kappa shape index (κ2) is 9.40. The van der Waals surface area contributed by atoms with E-state index in [1.807, 2.05) is 0 Å². The number of benzene rings is 1. The number of aliphatic hydroxyl groups is 2. The number of carbonyl (C=O) groups is 1. The summed E-state index contributed by atoms with van der Waals surface area (Å²) in [5, 5.41) is 19.9. The molecule has 11 heteroatoms. The van der Waals surface area contributed by atoms with Crippen LogP contribution in [0, 0.1) is 0 Å². The van der Waals surface area contributed by atoms with Crippen molar-refractivity contribution in [2.24, 2.45) is 5.73 Å². The highest BCUT2D eigenvalue weighted by Crippen LogP contribution is 2.45. The van der Waals surface area contributed by atoms with Crippen LogP contribution < -0.4 is 19.9 Å². The molecule has 34 heavy (non-hydrogen) atoms. The van der Waals surface area contributed by atoms with Crippen molar-refractivity contribution in [1.29, 1.82) is 0 Å². The van der Waals surface area contributed by atoms with E-state index in [2.05, 4.69) is 4.98 Å². The number of hydrogen-bond donors (Lipinski definition) is 3. The Balaban J connectivity index is 1.84. The van der Waals surface area contributed by atoms with Gasteiger partial charge in [-0.25, -0.2) is 4.98 Å². The molecule has 2 atom stereocenters. The van der Waals surface area contributed by atoms with Gasteiger partial charge in [0.2, 0.25) is 0 Å². The van der Waals surface area contributed by atoms with E-state index >= 15 is 0 Å². The lowest BCUT2D eigenvalue weighted by atomic mass is 9.88. The molecule has 0 aliphatic carbocycles. The number of carbonyl (C=O) groups excluding carboxylic acids is 1. The average Bonchev–Trinajstić information content (AvgIpc) is 3.09. The number of ether oxygens (including phenoxy) is 3. The predicted octanol–water partition coefficient (Wildman–Crippen LogP) is 2.92. The molecule has 186 valence electrons. The van der Waals surface area contributed by atoms with Gasteiger partial charge in [0.1, 0.15) is 18.8 Å². The van der Waals surface area contributed by atoms with Gasteiger partial charge in [-0.05, 0) is 44.5 Å². The van der Waals surface area contributed by atoms with Crippen LogP contribution in [0.15, 0.2) is 24.3 Å². The maximum atomic E-state index is 13.6. The average molecular weight is 484 g/mol. The van der Waals surface area contributed by atoms with Gasteiger partial charge in [-0.15, -0.1) is 0 Å². The highest BCUT2D eigenvalue weighted by Gasteiger charge is 2.45. The van der Waals surface area contributed by atoms with Crippen molar-refractivity contribution < 1.29 is 42.4 Å². The van der Waals surface area contributed by atoms with Crippen molar-refractivity contribution in [2.45, 2.75) is 44.0 Å². The number of Topliss-reactive ketones (excluding diaryl/α,β-unsaturated/α-hetero) is 1. The summed E-state index contributed by atoms with van der Waals surface area (Å²) >= 11 is 0. The maximum Gasteiger partial charge on any atom is 0.437 e. The minimum Gasteiger partial charge on any atom is -0.493 e. The number of aliphatic hydroxyl groups excluding tert-OH is 1. The molecule has 0 fully saturated rings. The predicted molar refractivity (Wildman–Crippen MR) is 115 cm³/mol. The van der Waals surface area contributed by atoms with E-state index in [9.17, 15) is 23.1 Å². The second-order valence-electron chi connectivity index (χ2n) is 8.57. The molecule has 2 aromatic rings. The van der Waals surface area contributed by atoms with Gasteiger partial charge in [-0.1, -0.05) is 0 Å². The third-order valence-electron chi connectivity index (χ3n) is 5.60. The molecule has 0 saturated heterocycles. The molecule has 2 unspecified atom stereocenters. The Labute approximate surface area is 194 Å². The SMILES string of the molecule is COc1cc(C(=O)CCC(C)(O)c2cc3c(c(C(F)(F)F)n2)OCC3(C)N)ccc1OCCO. The maximum absolute atomic E-state index is 13.6. The summed E-state index contributed by atoms with van der Waals surface area (Å²) in [5.41, 5.74) is 1.91. The Morgan fingerprint density at radius 1 is 1.29 bits per heavy atom. The Hall–Kier alpha value is -2.89. The van der Waals surface area contributed by atoms with Gasteiger partial charge >= 0.3 is 6.18 Å². The quantitative estimate of drug-likeness (QED) is 0.464. The van der Waals surface area contributed by atoms with Crippen molar-refractivity contribution in [3.8, 4) is 17.2 Å². The van der Waals surface area contributed by atoms with Crippen LogP contribution in [0.2, 0.25) is 0 Å². The van der Waals surface area contributed by atoms with Crippen LogP contribution in [-0.4, -0.2) is 47.9 Å². The van der Waals surface area contributed by atoms with Crippen LogP contribution in [0.3, 0.4) is 0 Å². The molecular weight excluding hydrogens is 457 g/mol. The van der Waals surface area contributed by atoms with Gasteiger partial charge in [0, 0.05) is 17.5 Å². The molecule has 1 aromatic heterocycles. The minimum atomic E-state index is -4.82. The number of nitrogens with two attached hydrogens (primary N) is 1. The van der Waals surface area contributed by atoms with Crippen molar-refractivity contribution in [1.82, 2.24) is 4.98 Å². The van der Waals surface area contributed by atoms with Gasteiger partial charge in [0.05, 0.1) is 24.9 Å². The zero-order valence-electron chi connectivity index (χ0n) is 19.0. The largest absolute Gasteiger partial charge is 0.493 e. The van der Waals surface area contributed by atoms with E-state index < -0.39 is 28.8 Å². The Bertz CT molecular complexity index is 1070. The Morgan fingerprint density at radius 2 is 2.00 bits per heavy atom. The first-order valence-corrected chi connectivity index (χ1v) is 10.5. The topological polar surface area (TPSA) is 124 Å². The summed E-state index contributed by atoms with van der Waals surface area (Å²) in [5.74, 6) is -0.183. The molecule has 0 amide bonds. The first kappa shape index (κ1) is 25.7. The van der Waals surface area contributed by atoms with Crippen molar-refractivity contribution in [2.75, 3.05) is 26.9 Å². The van der Waals surface area contributed by atoms with Gasteiger partial charge in [0.15, 0.2) is 28.7 Å². The number of aromatic nitrogens is 1. The lowest BCUT2D eigenvalue weighted by Gasteiger charge is -2.25. The van der Waals surface area contributed by atoms with E-state index in [4.69, 9.17) is 25.1 Å². The molecular formula is C23H27F3N2O6. The molecule has 1 aliphatic heterocycles. The smallest absolute Gasteiger partial charge is 0.437 e. The summed E-state index contributed by atoms with van der Waals surface area (Å²) < 4.78 is 56.6. The Morgan fingerprint density at radius 3 is 2.62 bits per heavy atom. The van der Waals surface area contributed by atoms with E-state index in [0.717, 1.165) is 0 Å². The molecule has 2 heterocycles. The van der Waals surface area contributed by atoms with Crippen LogP contribution in [0.1, 0.15) is 54.0 Å². The lowest BCUT2D eigenvalue weighted by Crippen LogP contribution is -2.35. The summed E-state index contributed by atoms with van der Waals surface area (Å²) in [6, 6.07) is 5.77. The molecule has 0 radical (unpaired) electrons. The summed E-state index contributed by atoms with van der Waals surface area (Å²) in [6.07, 6.45) is -5.19. The fraction of sp³-hybridized carbons (Fsp3) is 0.478. The van der Waals surface area contributed by atoms with Crippen molar-refractivity contribution in [3.63, 3.8) is 0 Å². The molecule has 1 aromatic carbocycles. The first-order valence-electron chi connectivity index (χ1n) is 10.5. The lowest BCUT2D eigenvalue weighted by molar-refractivity contribution is -0.142. The number of alkyl halides is 3.